The van der Waals surface area contributed by atoms with Crippen molar-refractivity contribution in [2.75, 3.05) is 19.3 Å². The largest absolute Gasteiger partial charge is 0.481 e. The summed E-state index contributed by atoms with van der Waals surface area (Å²) in [4.78, 5) is 22.7. The predicted molar refractivity (Wildman–Crippen MR) is 84.3 cm³/mol. The number of aliphatic carboxylic acids is 1. The molecule has 0 fully saturated rings. The number of urea groups is 1. The molecule has 3 N–H and O–H groups in total. The van der Waals surface area contributed by atoms with E-state index in [1.54, 1.807) is 11.8 Å². The molecule has 20 heavy (non-hydrogen) atoms. The number of hydrogen-bond donors (Lipinski definition) is 3. The lowest BCUT2D eigenvalue weighted by atomic mass is 10.0. The molecule has 0 aromatic heterocycles. The van der Waals surface area contributed by atoms with Crippen molar-refractivity contribution in [3.05, 3.63) is 0 Å². The van der Waals surface area contributed by atoms with E-state index in [2.05, 4.69) is 24.5 Å². The van der Waals surface area contributed by atoms with Gasteiger partial charge < -0.3 is 15.7 Å². The standard InChI is InChI=1S/C14H28N2O3S/c1-5-8-11(12(17)18)9-15-13(19)16-10-14(6-2,7-3)20-4/h11H,5-10H2,1-4H3,(H,17,18)(H2,15,16,19). The summed E-state index contributed by atoms with van der Waals surface area (Å²) >= 11 is 1.76. The van der Waals surface area contributed by atoms with Crippen LogP contribution >= 0.6 is 11.8 Å². The number of amides is 2. The number of carboxylic acid groups (broad SMARTS) is 1. The third kappa shape index (κ3) is 6.50. The van der Waals surface area contributed by atoms with E-state index in [0.717, 1.165) is 19.3 Å². The third-order valence-electron chi connectivity index (χ3n) is 3.79. The van der Waals surface area contributed by atoms with Crippen LogP contribution in [0.2, 0.25) is 0 Å². The Kier molecular flexibility index (Phi) is 9.46. The average molecular weight is 304 g/mol. The predicted octanol–water partition coefficient (Wildman–Crippen LogP) is 2.71. The van der Waals surface area contributed by atoms with Crippen LogP contribution in [0.5, 0.6) is 0 Å². The summed E-state index contributed by atoms with van der Waals surface area (Å²) in [5, 5.41) is 14.5. The maximum absolute atomic E-state index is 11.7. The summed E-state index contributed by atoms with van der Waals surface area (Å²) in [5.41, 5.74) is 0. The van der Waals surface area contributed by atoms with E-state index in [1.165, 1.54) is 0 Å². The fourth-order valence-corrected chi connectivity index (χ4v) is 2.84. The fourth-order valence-electron chi connectivity index (χ4n) is 2.04. The Morgan fingerprint density at radius 1 is 1.20 bits per heavy atom. The Balaban J connectivity index is 4.19. The normalized spacial score (nSPS) is 12.8. The van der Waals surface area contributed by atoms with Crippen LogP contribution in [-0.2, 0) is 4.79 Å². The zero-order valence-corrected chi connectivity index (χ0v) is 13.8. The first-order valence-corrected chi connectivity index (χ1v) is 8.46. The molecule has 0 spiro atoms. The minimum Gasteiger partial charge on any atom is -0.481 e. The number of nitrogens with one attached hydrogen (secondary N) is 2. The van der Waals surface area contributed by atoms with Gasteiger partial charge in [-0.1, -0.05) is 27.2 Å². The summed E-state index contributed by atoms with van der Waals surface area (Å²) in [6.07, 6.45) is 5.39. The molecule has 0 rings (SSSR count). The van der Waals surface area contributed by atoms with Crippen LogP contribution in [0.25, 0.3) is 0 Å². The van der Waals surface area contributed by atoms with E-state index >= 15 is 0 Å². The van der Waals surface area contributed by atoms with E-state index in [1.807, 2.05) is 13.2 Å². The second-order valence-electron chi connectivity index (χ2n) is 4.98. The maximum Gasteiger partial charge on any atom is 0.314 e. The van der Waals surface area contributed by atoms with E-state index in [4.69, 9.17) is 5.11 Å². The van der Waals surface area contributed by atoms with Crippen LogP contribution < -0.4 is 10.6 Å². The van der Waals surface area contributed by atoms with Gasteiger partial charge in [0.05, 0.1) is 5.92 Å². The molecule has 0 bridgehead atoms. The van der Waals surface area contributed by atoms with Gasteiger partial charge in [-0.25, -0.2) is 4.79 Å². The van der Waals surface area contributed by atoms with Gasteiger partial charge in [0.25, 0.3) is 0 Å². The number of thioether (sulfide) groups is 1. The molecule has 0 aliphatic heterocycles. The van der Waals surface area contributed by atoms with Crippen LogP contribution in [0.1, 0.15) is 46.5 Å². The van der Waals surface area contributed by atoms with Gasteiger partial charge in [0, 0.05) is 17.8 Å². The monoisotopic (exact) mass is 304 g/mol. The van der Waals surface area contributed by atoms with Gasteiger partial charge in [0.15, 0.2) is 0 Å². The Hall–Kier alpha value is -0.910. The Bertz CT molecular complexity index is 299. The van der Waals surface area contributed by atoms with Crippen LogP contribution in [-0.4, -0.2) is 41.2 Å². The molecule has 0 saturated heterocycles. The molecule has 1 unspecified atom stereocenters. The Morgan fingerprint density at radius 3 is 2.20 bits per heavy atom. The lowest BCUT2D eigenvalue weighted by Gasteiger charge is -2.29. The van der Waals surface area contributed by atoms with Crippen LogP contribution in [0.15, 0.2) is 0 Å². The molecule has 0 radical (unpaired) electrons. The molecule has 5 nitrogen and oxygen atoms in total. The van der Waals surface area contributed by atoms with Gasteiger partial charge in [0.1, 0.15) is 0 Å². The van der Waals surface area contributed by atoms with Gasteiger partial charge in [-0.2, -0.15) is 11.8 Å². The van der Waals surface area contributed by atoms with Gasteiger partial charge in [-0.3, -0.25) is 4.79 Å². The number of carbonyl (C=O) groups excluding carboxylic acids is 1. The number of carboxylic acids is 1. The molecular formula is C14H28N2O3S. The lowest BCUT2D eigenvalue weighted by Crippen LogP contribution is -2.45. The molecule has 0 heterocycles. The molecule has 0 aromatic carbocycles. The summed E-state index contributed by atoms with van der Waals surface area (Å²) in [5.74, 6) is -1.36. The second kappa shape index (κ2) is 9.91. The van der Waals surface area contributed by atoms with Crippen molar-refractivity contribution < 1.29 is 14.7 Å². The Morgan fingerprint density at radius 2 is 1.80 bits per heavy atom. The summed E-state index contributed by atoms with van der Waals surface area (Å²) in [6.45, 7) is 6.94. The quantitative estimate of drug-likeness (QED) is 0.580. The molecule has 0 aliphatic rings. The topological polar surface area (TPSA) is 78.4 Å². The molecule has 6 heteroatoms. The van der Waals surface area contributed by atoms with E-state index in [-0.39, 0.29) is 17.3 Å². The van der Waals surface area contributed by atoms with Crippen LogP contribution in [0.4, 0.5) is 4.79 Å². The summed E-state index contributed by atoms with van der Waals surface area (Å²) in [6, 6.07) is -0.285. The van der Waals surface area contributed by atoms with Gasteiger partial charge in [-0.05, 0) is 25.5 Å². The van der Waals surface area contributed by atoms with Gasteiger partial charge in [0.2, 0.25) is 0 Å². The maximum atomic E-state index is 11.7. The minimum absolute atomic E-state index is 0.0625. The second-order valence-corrected chi connectivity index (χ2v) is 6.26. The highest BCUT2D eigenvalue weighted by Crippen LogP contribution is 2.29. The van der Waals surface area contributed by atoms with Crippen LogP contribution in [0, 0.1) is 5.92 Å². The minimum atomic E-state index is -0.854. The first kappa shape index (κ1) is 19.1. The van der Waals surface area contributed by atoms with Crippen molar-refractivity contribution in [2.24, 2.45) is 5.92 Å². The fraction of sp³-hybridized carbons (Fsp3) is 0.857. The molecule has 0 aliphatic carbocycles. The van der Waals surface area contributed by atoms with Gasteiger partial charge >= 0.3 is 12.0 Å². The number of carbonyl (C=O) groups is 2. The van der Waals surface area contributed by atoms with E-state index < -0.39 is 11.9 Å². The lowest BCUT2D eigenvalue weighted by molar-refractivity contribution is -0.141. The van der Waals surface area contributed by atoms with Crippen molar-refractivity contribution in [1.82, 2.24) is 10.6 Å². The zero-order valence-electron chi connectivity index (χ0n) is 13.0. The molecule has 118 valence electrons. The number of rotatable bonds is 10. The van der Waals surface area contributed by atoms with Crippen molar-refractivity contribution >= 4 is 23.8 Å². The highest BCUT2D eigenvalue weighted by molar-refractivity contribution is 8.00. The van der Waals surface area contributed by atoms with Gasteiger partial charge in [-0.15, -0.1) is 0 Å². The summed E-state index contributed by atoms with van der Waals surface area (Å²) < 4.78 is 0.0625. The molecule has 0 aromatic rings. The smallest absolute Gasteiger partial charge is 0.314 e. The first-order valence-electron chi connectivity index (χ1n) is 7.24. The highest BCUT2D eigenvalue weighted by Gasteiger charge is 2.25. The number of hydrogen-bond acceptors (Lipinski definition) is 3. The van der Waals surface area contributed by atoms with Crippen molar-refractivity contribution in [2.45, 2.75) is 51.2 Å². The third-order valence-corrected chi connectivity index (χ3v) is 5.38. The van der Waals surface area contributed by atoms with E-state index in [0.29, 0.717) is 13.0 Å². The van der Waals surface area contributed by atoms with Crippen molar-refractivity contribution in [3.8, 4) is 0 Å². The average Bonchev–Trinajstić information content (AvgIpc) is 2.45. The molecular weight excluding hydrogens is 276 g/mol. The molecule has 0 saturated carbocycles. The molecule has 2 amide bonds. The van der Waals surface area contributed by atoms with Crippen molar-refractivity contribution in [3.63, 3.8) is 0 Å². The summed E-state index contributed by atoms with van der Waals surface area (Å²) in [7, 11) is 0. The SMILES string of the molecule is CCCC(CNC(=O)NCC(CC)(CC)SC)C(=O)O. The van der Waals surface area contributed by atoms with E-state index in [9.17, 15) is 9.59 Å². The van der Waals surface area contributed by atoms with Crippen LogP contribution in [0.3, 0.4) is 0 Å². The highest BCUT2D eigenvalue weighted by atomic mass is 32.2. The Labute approximate surface area is 126 Å². The first-order chi connectivity index (χ1) is 9.44. The molecule has 1 atom stereocenters. The zero-order chi connectivity index (χ0) is 15.6. The van der Waals surface area contributed by atoms with Crippen molar-refractivity contribution in [1.29, 1.82) is 0 Å².